The first-order valence-electron chi connectivity index (χ1n) is 7.04. The molecule has 1 heterocycles. The molecule has 1 fully saturated rings. The van der Waals surface area contributed by atoms with Crippen LogP contribution in [0.25, 0.3) is 0 Å². The summed E-state index contributed by atoms with van der Waals surface area (Å²) >= 11 is 0. The molecule has 3 atom stereocenters. The minimum Gasteiger partial charge on any atom is -0.497 e. The predicted molar refractivity (Wildman–Crippen MR) is 79.0 cm³/mol. The molecule has 1 aromatic carbocycles. The van der Waals surface area contributed by atoms with Crippen molar-refractivity contribution in [3.05, 3.63) is 29.8 Å². The first kappa shape index (κ1) is 16.1. The van der Waals surface area contributed by atoms with Crippen LogP contribution in [0.2, 0.25) is 0 Å². The lowest BCUT2D eigenvalue weighted by molar-refractivity contribution is -0.142. The van der Waals surface area contributed by atoms with Crippen molar-refractivity contribution in [2.24, 2.45) is 0 Å². The van der Waals surface area contributed by atoms with Crippen LogP contribution in [0, 0.1) is 0 Å². The highest BCUT2D eigenvalue weighted by atomic mass is 16.5. The average molecular weight is 308 g/mol. The Hall–Kier alpha value is -2.28. The summed E-state index contributed by atoms with van der Waals surface area (Å²) < 4.78 is 5.08. The Balaban J connectivity index is 2.04. The SMILES string of the molecule is COc1ccc(CNC2C[C@@H](C)N(C(=O)O)C2C(=O)O)cc1. The lowest BCUT2D eigenvalue weighted by Gasteiger charge is -2.24. The van der Waals surface area contributed by atoms with Gasteiger partial charge in [0, 0.05) is 18.6 Å². The maximum absolute atomic E-state index is 11.4. The van der Waals surface area contributed by atoms with E-state index in [4.69, 9.17) is 4.74 Å². The van der Waals surface area contributed by atoms with Crippen molar-refractivity contribution in [1.29, 1.82) is 0 Å². The molecule has 0 saturated carbocycles. The molecule has 120 valence electrons. The molecule has 0 radical (unpaired) electrons. The highest BCUT2D eigenvalue weighted by Gasteiger charge is 2.46. The molecule has 3 N–H and O–H groups in total. The number of aliphatic carboxylic acids is 1. The lowest BCUT2D eigenvalue weighted by Crippen LogP contribution is -2.50. The second kappa shape index (κ2) is 6.65. The first-order valence-corrected chi connectivity index (χ1v) is 7.04. The summed E-state index contributed by atoms with van der Waals surface area (Å²) in [6.45, 7) is 2.19. The normalized spacial score (nSPS) is 24.3. The minimum atomic E-state index is -1.20. The van der Waals surface area contributed by atoms with E-state index in [-0.39, 0.29) is 6.04 Å². The van der Waals surface area contributed by atoms with E-state index >= 15 is 0 Å². The fourth-order valence-electron chi connectivity index (χ4n) is 2.86. The number of carboxylic acid groups (broad SMARTS) is 2. The number of carbonyl (C=O) groups is 2. The molecule has 0 spiro atoms. The highest BCUT2D eigenvalue weighted by molar-refractivity contribution is 5.81. The van der Waals surface area contributed by atoms with Gasteiger partial charge in [0.05, 0.1) is 7.11 Å². The van der Waals surface area contributed by atoms with Gasteiger partial charge in [0.15, 0.2) is 0 Å². The van der Waals surface area contributed by atoms with E-state index in [1.807, 2.05) is 24.3 Å². The van der Waals surface area contributed by atoms with E-state index in [2.05, 4.69) is 5.32 Å². The van der Waals surface area contributed by atoms with Crippen LogP contribution >= 0.6 is 0 Å². The number of nitrogens with zero attached hydrogens (tertiary/aromatic N) is 1. The topological polar surface area (TPSA) is 99.1 Å². The summed E-state index contributed by atoms with van der Waals surface area (Å²) in [5.41, 5.74) is 0.978. The monoisotopic (exact) mass is 308 g/mol. The quantitative estimate of drug-likeness (QED) is 0.760. The lowest BCUT2D eigenvalue weighted by atomic mass is 10.1. The van der Waals surface area contributed by atoms with Crippen molar-refractivity contribution in [3.63, 3.8) is 0 Å². The first-order chi connectivity index (χ1) is 10.4. The van der Waals surface area contributed by atoms with Crippen LogP contribution in [0.1, 0.15) is 18.9 Å². The molecule has 1 saturated heterocycles. The molecule has 1 aliphatic rings. The van der Waals surface area contributed by atoms with E-state index in [9.17, 15) is 19.8 Å². The summed E-state index contributed by atoms with van der Waals surface area (Å²) in [7, 11) is 1.59. The smallest absolute Gasteiger partial charge is 0.408 e. The number of hydrogen-bond donors (Lipinski definition) is 3. The fraction of sp³-hybridized carbons (Fsp3) is 0.467. The van der Waals surface area contributed by atoms with Gasteiger partial charge in [-0.25, -0.2) is 9.59 Å². The number of methoxy groups -OCH3 is 1. The Kier molecular flexibility index (Phi) is 4.87. The highest BCUT2D eigenvalue weighted by Crippen LogP contribution is 2.25. The van der Waals surface area contributed by atoms with Gasteiger partial charge in [0.25, 0.3) is 0 Å². The van der Waals surface area contributed by atoms with E-state index in [1.54, 1.807) is 14.0 Å². The van der Waals surface area contributed by atoms with Crippen LogP contribution in [0.4, 0.5) is 4.79 Å². The Morgan fingerprint density at radius 3 is 2.45 bits per heavy atom. The number of ether oxygens (including phenoxy) is 1. The number of benzene rings is 1. The zero-order valence-corrected chi connectivity index (χ0v) is 12.5. The van der Waals surface area contributed by atoms with E-state index in [1.165, 1.54) is 0 Å². The maximum atomic E-state index is 11.4. The van der Waals surface area contributed by atoms with Gasteiger partial charge in [0.2, 0.25) is 0 Å². The third kappa shape index (κ3) is 3.30. The van der Waals surface area contributed by atoms with Crippen LogP contribution in [0.3, 0.4) is 0 Å². The number of rotatable bonds is 5. The molecule has 2 rings (SSSR count). The van der Waals surface area contributed by atoms with Crippen molar-refractivity contribution < 1.29 is 24.5 Å². The Bertz CT molecular complexity index is 545. The minimum absolute atomic E-state index is 0.327. The van der Waals surface area contributed by atoms with Gasteiger partial charge >= 0.3 is 12.1 Å². The largest absolute Gasteiger partial charge is 0.497 e. The predicted octanol–water partition coefficient (Wildman–Crippen LogP) is 1.38. The van der Waals surface area contributed by atoms with Gasteiger partial charge in [-0.15, -0.1) is 0 Å². The van der Waals surface area contributed by atoms with Crippen molar-refractivity contribution in [2.45, 2.75) is 38.0 Å². The average Bonchev–Trinajstić information content (AvgIpc) is 2.82. The van der Waals surface area contributed by atoms with Gasteiger partial charge in [-0.2, -0.15) is 0 Å². The van der Waals surface area contributed by atoms with Gasteiger partial charge in [-0.1, -0.05) is 12.1 Å². The summed E-state index contributed by atoms with van der Waals surface area (Å²) in [5.74, 6) is -0.377. The number of carboxylic acids is 1. The summed E-state index contributed by atoms with van der Waals surface area (Å²) in [6, 6.07) is 5.62. The van der Waals surface area contributed by atoms with Crippen LogP contribution in [-0.4, -0.2) is 52.4 Å². The Morgan fingerprint density at radius 1 is 1.32 bits per heavy atom. The van der Waals surface area contributed by atoms with Crippen LogP contribution in [0.5, 0.6) is 5.75 Å². The Labute approximate surface area is 128 Å². The van der Waals surface area contributed by atoms with E-state index in [0.717, 1.165) is 16.2 Å². The summed E-state index contributed by atoms with van der Waals surface area (Å²) in [6.07, 6.45) is -0.729. The molecule has 1 aromatic rings. The fourth-order valence-corrected chi connectivity index (χ4v) is 2.86. The molecule has 7 nitrogen and oxygen atoms in total. The molecule has 0 aliphatic carbocycles. The molecule has 0 aromatic heterocycles. The molecular formula is C15H20N2O5. The second-order valence-electron chi connectivity index (χ2n) is 5.39. The molecule has 1 amide bonds. The number of amides is 1. The van der Waals surface area contributed by atoms with Crippen molar-refractivity contribution >= 4 is 12.1 Å². The number of likely N-dealkylation sites (tertiary alicyclic amines) is 1. The maximum Gasteiger partial charge on any atom is 0.408 e. The number of hydrogen-bond acceptors (Lipinski definition) is 4. The summed E-state index contributed by atoms with van der Waals surface area (Å²) in [4.78, 5) is 23.7. The molecule has 22 heavy (non-hydrogen) atoms. The Morgan fingerprint density at radius 2 is 1.95 bits per heavy atom. The third-order valence-electron chi connectivity index (χ3n) is 3.95. The molecule has 7 heteroatoms. The van der Waals surface area contributed by atoms with Crippen molar-refractivity contribution in [2.75, 3.05) is 7.11 Å². The van der Waals surface area contributed by atoms with Crippen LogP contribution < -0.4 is 10.1 Å². The third-order valence-corrected chi connectivity index (χ3v) is 3.95. The van der Waals surface area contributed by atoms with E-state index < -0.39 is 24.1 Å². The van der Waals surface area contributed by atoms with Gasteiger partial charge in [-0.3, -0.25) is 4.90 Å². The van der Waals surface area contributed by atoms with Crippen molar-refractivity contribution in [3.8, 4) is 5.75 Å². The standard InChI is InChI=1S/C15H20N2O5/c1-9-7-12(13(14(18)19)17(9)15(20)21)16-8-10-3-5-11(22-2)6-4-10/h3-6,9,12-13,16H,7-8H2,1-2H3,(H,18,19)(H,20,21)/t9-,12?,13?/m1/s1. The molecule has 1 aliphatic heterocycles. The zero-order valence-electron chi connectivity index (χ0n) is 12.5. The van der Waals surface area contributed by atoms with E-state index in [0.29, 0.717) is 13.0 Å². The van der Waals surface area contributed by atoms with Gasteiger partial charge in [0.1, 0.15) is 11.8 Å². The molecular weight excluding hydrogens is 288 g/mol. The van der Waals surface area contributed by atoms with Gasteiger partial charge < -0.3 is 20.3 Å². The summed E-state index contributed by atoms with van der Waals surface area (Å²) in [5, 5.41) is 21.7. The number of nitrogens with one attached hydrogen (secondary N) is 1. The zero-order chi connectivity index (χ0) is 16.3. The second-order valence-corrected chi connectivity index (χ2v) is 5.39. The van der Waals surface area contributed by atoms with Crippen LogP contribution in [-0.2, 0) is 11.3 Å². The molecule has 0 bridgehead atoms. The van der Waals surface area contributed by atoms with Gasteiger partial charge in [-0.05, 0) is 31.0 Å². The van der Waals surface area contributed by atoms with Crippen molar-refractivity contribution in [1.82, 2.24) is 10.2 Å². The molecule has 2 unspecified atom stereocenters. The van der Waals surface area contributed by atoms with Crippen LogP contribution in [0.15, 0.2) is 24.3 Å².